The molecule has 0 spiro atoms. The average molecular weight is 236 g/mol. The molecule has 0 bridgehead atoms. The molecule has 96 valence electrons. The molecular weight excluding hydrogens is 212 g/mol. The van der Waals surface area contributed by atoms with Gasteiger partial charge in [-0.3, -0.25) is 0 Å². The van der Waals surface area contributed by atoms with E-state index in [0.717, 1.165) is 13.1 Å². The number of likely N-dealkylation sites (N-methyl/N-ethyl adjacent to an activating group) is 1. The second-order valence-corrected chi connectivity index (χ2v) is 4.78. The lowest BCUT2D eigenvalue weighted by molar-refractivity contribution is 0.240. The van der Waals surface area contributed by atoms with E-state index in [1.165, 1.54) is 16.7 Å². The first-order valence-corrected chi connectivity index (χ1v) is 6.11. The highest BCUT2D eigenvalue weighted by molar-refractivity contribution is 5.35. The average Bonchev–Trinajstić information content (AvgIpc) is 2.28. The molecule has 0 radical (unpaired) electrons. The molecule has 0 aliphatic carbocycles. The normalized spacial score (nSPS) is 13.1. The Kier molecular flexibility index (Phi) is 5.62. The molecule has 3 heteroatoms. The summed E-state index contributed by atoms with van der Waals surface area (Å²) in [5, 5.41) is 12.9. The topological polar surface area (TPSA) is 35.5 Å². The summed E-state index contributed by atoms with van der Waals surface area (Å²) < 4.78 is 0. The summed E-state index contributed by atoms with van der Waals surface area (Å²) in [5.74, 6) is 0. The zero-order valence-corrected chi connectivity index (χ0v) is 11.3. The fourth-order valence-corrected chi connectivity index (χ4v) is 1.89. The number of benzene rings is 1. The summed E-state index contributed by atoms with van der Waals surface area (Å²) in [6.45, 7) is 6.21. The molecule has 0 fully saturated rings. The van der Waals surface area contributed by atoms with E-state index in [-0.39, 0.29) is 12.6 Å². The summed E-state index contributed by atoms with van der Waals surface area (Å²) in [6.07, 6.45) is 0. The lowest BCUT2D eigenvalue weighted by Crippen LogP contribution is -2.32. The van der Waals surface area contributed by atoms with Crippen LogP contribution in [0.5, 0.6) is 0 Å². The zero-order valence-electron chi connectivity index (χ0n) is 11.3. The molecule has 1 aromatic rings. The minimum Gasteiger partial charge on any atom is -0.394 e. The number of hydrogen-bond acceptors (Lipinski definition) is 3. The van der Waals surface area contributed by atoms with Crippen molar-refractivity contribution in [2.45, 2.75) is 19.9 Å². The van der Waals surface area contributed by atoms with Crippen molar-refractivity contribution in [1.82, 2.24) is 10.2 Å². The van der Waals surface area contributed by atoms with Crippen LogP contribution in [0.25, 0.3) is 0 Å². The minimum atomic E-state index is 0.0369. The van der Waals surface area contributed by atoms with Crippen LogP contribution in [-0.2, 0) is 0 Å². The van der Waals surface area contributed by atoms with Gasteiger partial charge in [0.1, 0.15) is 0 Å². The molecule has 0 amide bonds. The lowest BCUT2D eigenvalue weighted by Gasteiger charge is -2.21. The van der Waals surface area contributed by atoms with Crippen molar-refractivity contribution in [1.29, 1.82) is 0 Å². The molecule has 2 N–H and O–H groups in total. The number of aliphatic hydroxyl groups is 1. The Bertz CT molecular complexity index is 350. The fourth-order valence-electron chi connectivity index (χ4n) is 1.89. The van der Waals surface area contributed by atoms with Crippen LogP contribution in [-0.4, -0.2) is 43.8 Å². The molecule has 0 saturated heterocycles. The first-order valence-electron chi connectivity index (χ1n) is 6.11. The Hall–Kier alpha value is -0.900. The fraction of sp³-hybridized carbons (Fsp3) is 0.571. The highest BCUT2D eigenvalue weighted by Gasteiger charge is 2.12. The van der Waals surface area contributed by atoms with Gasteiger partial charge in [-0.05, 0) is 44.6 Å². The summed E-state index contributed by atoms with van der Waals surface area (Å²) >= 11 is 0. The third-order valence-corrected chi connectivity index (χ3v) is 3.15. The van der Waals surface area contributed by atoms with Gasteiger partial charge in [-0.2, -0.15) is 0 Å². The molecule has 0 aliphatic rings. The molecule has 0 heterocycles. The van der Waals surface area contributed by atoms with Crippen molar-refractivity contribution in [3.8, 4) is 0 Å². The predicted molar refractivity (Wildman–Crippen MR) is 72.3 cm³/mol. The van der Waals surface area contributed by atoms with Gasteiger partial charge in [0.05, 0.1) is 12.6 Å². The number of rotatable bonds is 6. The van der Waals surface area contributed by atoms with Gasteiger partial charge in [-0.25, -0.2) is 0 Å². The van der Waals surface area contributed by atoms with Crippen LogP contribution in [0.4, 0.5) is 0 Å². The smallest absolute Gasteiger partial charge is 0.0626 e. The molecule has 1 aromatic carbocycles. The number of hydrogen-bond donors (Lipinski definition) is 2. The third kappa shape index (κ3) is 4.11. The van der Waals surface area contributed by atoms with E-state index >= 15 is 0 Å². The SMILES string of the molecule is Cc1cccc(C(CO)NCCN(C)C)c1C. The third-order valence-electron chi connectivity index (χ3n) is 3.15. The second kappa shape index (κ2) is 6.74. The van der Waals surface area contributed by atoms with Crippen molar-refractivity contribution < 1.29 is 5.11 Å². The molecule has 1 atom stereocenters. The summed E-state index contributed by atoms with van der Waals surface area (Å²) in [5.41, 5.74) is 3.74. The Labute approximate surface area is 104 Å². The van der Waals surface area contributed by atoms with Gasteiger partial charge in [0, 0.05) is 13.1 Å². The Morgan fingerprint density at radius 1 is 1.29 bits per heavy atom. The van der Waals surface area contributed by atoms with E-state index in [4.69, 9.17) is 0 Å². The van der Waals surface area contributed by atoms with E-state index in [0.29, 0.717) is 0 Å². The van der Waals surface area contributed by atoms with Crippen LogP contribution in [0, 0.1) is 13.8 Å². The minimum absolute atomic E-state index is 0.0369. The maximum absolute atomic E-state index is 9.48. The lowest BCUT2D eigenvalue weighted by atomic mass is 9.98. The number of aryl methyl sites for hydroxylation is 1. The van der Waals surface area contributed by atoms with Crippen molar-refractivity contribution in [2.24, 2.45) is 0 Å². The second-order valence-electron chi connectivity index (χ2n) is 4.78. The quantitative estimate of drug-likeness (QED) is 0.785. The number of nitrogens with one attached hydrogen (secondary N) is 1. The van der Waals surface area contributed by atoms with Gasteiger partial charge in [0.2, 0.25) is 0 Å². The van der Waals surface area contributed by atoms with Gasteiger partial charge < -0.3 is 15.3 Å². The van der Waals surface area contributed by atoms with E-state index < -0.39 is 0 Å². The highest BCUT2D eigenvalue weighted by Crippen LogP contribution is 2.19. The molecule has 1 unspecified atom stereocenters. The maximum Gasteiger partial charge on any atom is 0.0626 e. The van der Waals surface area contributed by atoms with Crippen molar-refractivity contribution >= 4 is 0 Å². The van der Waals surface area contributed by atoms with E-state index in [1.54, 1.807) is 0 Å². The van der Waals surface area contributed by atoms with Crippen molar-refractivity contribution in [3.05, 3.63) is 34.9 Å². The monoisotopic (exact) mass is 236 g/mol. The number of aliphatic hydroxyl groups excluding tert-OH is 1. The van der Waals surface area contributed by atoms with Crippen LogP contribution in [0.2, 0.25) is 0 Å². The molecule has 0 aromatic heterocycles. The van der Waals surface area contributed by atoms with Gasteiger partial charge >= 0.3 is 0 Å². The van der Waals surface area contributed by atoms with Crippen LogP contribution in [0.3, 0.4) is 0 Å². The van der Waals surface area contributed by atoms with Crippen molar-refractivity contribution in [2.75, 3.05) is 33.8 Å². The molecule has 0 saturated carbocycles. The largest absolute Gasteiger partial charge is 0.394 e. The zero-order chi connectivity index (χ0) is 12.8. The van der Waals surface area contributed by atoms with E-state index in [9.17, 15) is 5.11 Å². The maximum atomic E-state index is 9.48. The van der Waals surface area contributed by atoms with Crippen LogP contribution < -0.4 is 5.32 Å². The standard InChI is InChI=1S/C14H24N2O/c1-11-6-5-7-13(12(11)2)14(10-17)15-8-9-16(3)4/h5-7,14-15,17H,8-10H2,1-4H3. The molecule has 0 aliphatic heterocycles. The Balaban J connectivity index is 2.69. The van der Waals surface area contributed by atoms with Crippen molar-refractivity contribution in [3.63, 3.8) is 0 Å². The van der Waals surface area contributed by atoms with E-state index in [2.05, 4.69) is 36.2 Å². The Morgan fingerprint density at radius 2 is 2.00 bits per heavy atom. The highest BCUT2D eigenvalue weighted by atomic mass is 16.3. The van der Waals surface area contributed by atoms with Gasteiger partial charge in [-0.15, -0.1) is 0 Å². The summed E-state index contributed by atoms with van der Waals surface area (Å²) in [4.78, 5) is 2.13. The van der Waals surface area contributed by atoms with Crippen LogP contribution in [0.1, 0.15) is 22.7 Å². The summed E-state index contributed by atoms with van der Waals surface area (Å²) in [6, 6.07) is 6.28. The van der Waals surface area contributed by atoms with Gasteiger partial charge in [0.15, 0.2) is 0 Å². The first-order chi connectivity index (χ1) is 8.06. The van der Waals surface area contributed by atoms with Crippen LogP contribution >= 0.6 is 0 Å². The first kappa shape index (κ1) is 14.2. The van der Waals surface area contributed by atoms with Crippen LogP contribution in [0.15, 0.2) is 18.2 Å². The molecular formula is C14H24N2O. The van der Waals surface area contributed by atoms with E-state index in [1.807, 2.05) is 20.2 Å². The molecule has 3 nitrogen and oxygen atoms in total. The molecule has 1 rings (SSSR count). The molecule has 17 heavy (non-hydrogen) atoms. The predicted octanol–water partition coefficient (Wildman–Crippen LogP) is 1.49. The van der Waals surface area contributed by atoms with Gasteiger partial charge in [0.25, 0.3) is 0 Å². The van der Waals surface area contributed by atoms with Gasteiger partial charge in [-0.1, -0.05) is 18.2 Å². The number of nitrogens with zero attached hydrogens (tertiary/aromatic N) is 1. The Morgan fingerprint density at radius 3 is 2.59 bits per heavy atom. The summed E-state index contributed by atoms with van der Waals surface area (Å²) in [7, 11) is 4.10.